The number of rotatable bonds is 5. The number of carbonyl (C=O) groups is 1. The van der Waals surface area contributed by atoms with Gasteiger partial charge in [-0.15, -0.1) is 0 Å². The molecular formula is C24H14Cl2F3NO4. The SMILES string of the molecule is O=C(COc1ccc2c(=O)c(-c3ccc(Cl)cc3)c(C(F)(F)F)oc2c1)Nc1cccc(Cl)c1. The van der Waals surface area contributed by atoms with Crippen LogP contribution in [0.2, 0.25) is 10.0 Å². The second-order valence-corrected chi connectivity index (χ2v) is 8.02. The number of carbonyl (C=O) groups excluding carboxylic acids is 1. The molecule has 4 rings (SSSR count). The molecule has 0 spiro atoms. The fourth-order valence-electron chi connectivity index (χ4n) is 3.25. The van der Waals surface area contributed by atoms with Crippen LogP contribution < -0.4 is 15.5 Å². The van der Waals surface area contributed by atoms with E-state index in [2.05, 4.69) is 5.32 Å². The molecule has 0 aliphatic heterocycles. The monoisotopic (exact) mass is 507 g/mol. The largest absolute Gasteiger partial charge is 0.484 e. The number of amides is 1. The Bertz CT molecular complexity index is 1430. The van der Waals surface area contributed by atoms with Gasteiger partial charge in [-0.2, -0.15) is 13.2 Å². The van der Waals surface area contributed by atoms with Crippen LogP contribution in [0.3, 0.4) is 0 Å². The summed E-state index contributed by atoms with van der Waals surface area (Å²) in [6.07, 6.45) is -4.93. The Hall–Kier alpha value is -3.49. The predicted octanol–water partition coefficient (Wildman–Crippen LogP) is 6.80. The summed E-state index contributed by atoms with van der Waals surface area (Å²) in [6.45, 7) is -0.433. The summed E-state index contributed by atoms with van der Waals surface area (Å²) in [5.74, 6) is -1.91. The number of anilines is 1. The molecule has 0 bridgehead atoms. The van der Waals surface area contributed by atoms with Crippen molar-refractivity contribution in [3.05, 3.63) is 92.8 Å². The van der Waals surface area contributed by atoms with E-state index in [0.717, 1.165) is 6.07 Å². The van der Waals surface area contributed by atoms with Gasteiger partial charge in [0, 0.05) is 21.8 Å². The Balaban J connectivity index is 1.64. The van der Waals surface area contributed by atoms with Crippen molar-refractivity contribution in [1.29, 1.82) is 0 Å². The van der Waals surface area contributed by atoms with E-state index in [9.17, 15) is 22.8 Å². The van der Waals surface area contributed by atoms with Crippen LogP contribution in [0.15, 0.2) is 75.9 Å². The molecular weight excluding hydrogens is 494 g/mol. The van der Waals surface area contributed by atoms with Crippen LogP contribution in [0.4, 0.5) is 18.9 Å². The second kappa shape index (κ2) is 9.40. The molecule has 174 valence electrons. The van der Waals surface area contributed by atoms with Gasteiger partial charge >= 0.3 is 6.18 Å². The van der Waals surface area contributed by atoms with Gasteiger partial charge in [0.25, 0.3) is 5.91 Å². The molecule has 1 N–H and O–H groups in total. The maximum atomic E-state index is 13.8. The van der Waals surface area contributed by atoms with Gasteiger partial charge in [-0.3, -0.25) is 9.59 Å². The average molecular weight is 508 g/mol. The number of alkyl halides is 3. The summed E-state index contributed by atoms with van der Waals surface area (Å²) in [5, 5.41) is 3.24. The van der Waals surface area contributed by atoms with Crippen molar-refractivity contribution in [2.75, 3.05) is 11.9 Å². The summed E-state index contributed by atoms with van der Waals surface area (Å²) in [7, 11) is 0. The number of ether oxygens (including phenoxy) is 1. The first kappa shape index (κ1) is 23.7. The summed E-state index contributed by atoms with van der Waals surface area (Å²) < 4.78 is 51.8. The van der Waals surface area contributed by atoms with Crippen molar-refractivity contribution >= 4 is 45.8 Å². The van der Waals surface area contributed by atoms with Gasteiger partial charge in [0.15, 0.2) is 6.61 Å². The second-order valence-electron chi connectivity index (χ2n) is 7.15. The first-order valence-corrected chi connectivity index (χ1v) is 10.5. The molecule has 0 aliphatic rings. The van der Waals surface area contributed by atoms with E-state index in [1.807, 2.05) is 0 Å². The molecule has 5 nitrogen and oxygen atoms in total. The van der Waals surface area contributed by atoms with E-state index in [1.165, 1.54) is 36.4 Å². The molecule has 10 heteroatoms. The lowest BCUT2D eigenvalue weighted by molar-refractivity contribution is -0.152. The van der Waals surface area contributed by atoms with Crippen LogP contribution in [0.1, 0.15) is 5.76 Å². The lowest BCUT2D eigenvalue weighted by atomic mass is 10.0. The normalized spacial score (nSPS) is 11.4. The van der Waals surface area contributed by atoms with Gasteiger partial charge in [-0.1, -0.05) is 41.4 Å². The predicted molar refractivity (Wildman–Crippen MR) is 124 cm³/mol. The van der Waals surface area contributed by atoms with Crippen molar-refractivity contribution in [1.82, 2.24) is 0 Å². The maximum Gasteiger partial charge on any atom is 0.450 e. The third kappa shape index (κ3) is 5.18. The Morgan fingerprint density at radius 2 is 1.71 bits per heavy atom. The Kier molecular flexibility index (Phi) is 6.54. The van der Waals surface area contributed by atoms with E-state index in [4.69, 9.17) is 32.4 Å². The number of hydrogen-bond donors (Lipinski definition) is 1. The molecule has 0 fully saturated rings. The zero-order chi connectivity index (χ0) is 24.5. The highest BCUT2D eigenvalue weighted by Crippen LogP contribution is 2.38. The Labute approximate surface area is 200 Å². The minimum Gasteiger partial charge on any atom is -0.484 e. The number of nitrogens with one attached hydrogen (secondary N) is 1. The molecule has 3 aromatic carbocycles. The van der Waals surface area contributed by atoms with Gasteiger partial charge in [-0.25, -0.2) is 0 Å². The molecule has 1 amide bonds. The van der Waals surface area contributed by atoms with Crippen molar-refractivity contribution in [3.8, 4) is 16.9 Å². The summed E-state index contributed by atoms with van der Waals surface area (Å²) in [4.78, 5) is 25.1. The highest BCUT2D eigenvalue weighted by Gasteiger charge is 2.39. The first-order chi connectivity index (χ1) is 16.1. The standard InChI is InChI=1S/C24H14Cl2F3NO4/c25-14-6-4-13(5-7-14)21-22(32)18-9-8-17(11-19(18)34-23(21)24(27,28)29)33-12-20(31)30-16-3-1-2-15(26)10-16/h1-11H,12H2,(H,30,31). The molecule has 0 atom stereocenters. The van der Waals surface area contributed by atoms with Gasteiger partial charge in [0.2, 0.25) is 11.2 Å². The lowest BCUT2D eigenvalue weighted by Crippen LogP contribution is -2.20. The van der Waals surface area contributed by atoms with E-state index in [0.29, 0.717) is 15.7 Å². The van der Waals surface area contributed by atoms with Crippen molar-refractivity contribution in [2.24, 2.45) is 0 Å². The van der Waals surface area contributed by atoms with E-state index < -0.39 is 35.4 Å². The fraction of sp³-hybridized carbons (Fsp3) is 0.0833. The van der Waals surface area contributed by atoms with E-state index >= 15 is 0 Å². The van der Waals surface area contributed by atoms with Gasteiger partial charge in [0.05, 0.1) is 10.9 Å². The minimum absolute atomic E-state index is 0.0189. The minimum atomic E-state index is -4.93. The maximum absolute atomic E-state index is 13.8. The number of fused-ring (bicyclic) bond motifs is 1. The molecule has 0 saturated carbocycles. The lowest BCUT2D eigenvalue weighted by Gasteiger charge is -2.13. The smallest absolute Gasteiger partial charge is 0.450 e. The highest BCUT2D eigenvalue weighted by molar-refractivity contribution is 6.31. The number of halogens is 5. The van der Waals surface area contributed by atoms with Crippen molar-refractivity contribution in [2.45, 2.75) is 6.18 Å². The fourth-order valence-corrected chi connectivity index (χ4v) is 3.57. The summed E-state index contributed by atoms with van der Waals surface area (Å²) in [6, 6.07) is 15.6. The van der Waals surface area contributed by atoms with E-state index in [-0.39, 0.29) is 22.3 Å². The third-order valence-corrected chi connectivity index (χ3v) is 5.22. The van der Waals surface area contributed by atoms with Crippen LogP contribution >= 0.6 is 23.2 Å². The molecule has 1 heterocycles. The third-order valence-electron chi connectivity index (χ3n) is 4.73. The van der Waals surface area contributed by atoms with Crippen LogP contribution in [0.5, 0.6) is 5.75 Å². The molecule has 1 aromatic heterocycles. The number of hydrogen-bond acceptors (Lipinski definition) is 4. The van der Waals surface area contributed by atoms with Crippen LogP contribution in [0.25, 0.3) is 22.1 Å². The Morgan fingerprint density at radius 1 is 0.971 bits per heavy atom. The summed E-state index contributed by atoms with van der Waals surface area (Å²) in [5.41, 5.74) is -1.34. The summed E-state index contributed by atoms with van der Waals surface area (Å²) >= 11 is 11.7. The molecule has 0 unspecified atom stereocenters. The molecule has 0 saturated heterocycles. The Morgan fingerprint density at radius 3 is 2.38 bits per heavy atom. The quantitative estimate of drug-likeness (QED) is 0.322. The van der Waals surface area contributed by atoms with Gasteiger partial charge < -0.3 is 14.5 Å². The molecule has 34 heavy (non-hydrogen) atoms. The van der Waals surface area contributed by atoms with Crippen LogP contribution in [-0.2, 0) is 11.0 Å². The highest BCUT2D eigenvalue weighted by atomic mass is 35.5. The zero-order valence-corrected chi connectivity index (χ0v) is 18.6. The van der Waals surface area contributed by atoms with Crippen molar-refractivity contribution < 1.29 is 27.1 Å². The van der Waals surface area contributed by atoms with Gasteiger partial charge in [-0.05, 0) is 48.0 Å². The van der Waals surface area contributed by atoms with Crippen LogP contribution in [0, 0.1) is 0 Å². The topological polar surface area (TPSA) is 68.5 Å². The van der Waals surface area contributed by atoms with E-state index in [1.54, 1.807) is 24.3 Å². The molecule has 0 radical (unpaired) electrons. The van der Waals surface area contributed by atoms with Crippen molar-refractivity contribution in [3.63, 3.8) is 0 Å². The zero-order valence-electron chi connectivity index (χ0n) is 17.1. The molecule has 4 aromatic rings. The molecule has 0 aliphatic carbocycles. The number of benzene rings is 3. The first-order valence-electron chi connectivity index (χ1n) is 9.74. The van der Waals surface area contributed by atoms with Gasteiger partial charge in [0.1, 0.15) is 11.3 Å². The van der Waals surface area contributed by atoms with Crippen LogP contribution in [-0.4, -0.2) is 12.5 Å². The average Bonchev–Trinajstić information content (AvgIpc) is 2.78.